The van der Waals surface area contributed by atoms with Crippen LogP contribution in [0, 0.1) is 11.3 Å². The Bertz CT molecular complexity index is 2130. The van der Waals surface area contributed by atoms with Crippen molar-refractivity contribution in [1.29, 1.82) is 5.26 Å². The Balaban J connectivity index is 0.779. The largest absolute Gasteiger partial charge is 0.371 e. The number of piperidine rings is 2. The van der Waals surface area contributed by atoms with Crippen LogP contribution in [0.15, 0.2) is 60.7 Å². The molecule has 4 aliphatic heterocycles. The molecule has 0 aromatic heterocycles. The Morgan fingerprint density at radius 1 is 0.810 bits per heavy atom. The van der Waals surface area contributed by atoms with Gasteiger partial charge < -0.3 is 20.0 Å². The Morgan fingerprint density at radius 3 is 2.14 bits per heavy atom. The lowest BCUT2D eigenvalue weighted by Gasteiger charge is -2.44. The van der Waals surface area contributed by atoms with E-state index in [2.05, 4.69) is 55.4 Å². The van der Waals surface area contributed by atoms with Gasteiger partial charge in [0.1, 0.15) is 12.1 Å². The fourth-order valence-electron chi connectivity index (χ4n) is 9.54. The van der Waals surface area contributed by atoms with Crippen molar-refractivity contribution in [3.63, 3.8) is 0 Å². The van der Waals surface area contributed by atoms with E-state index < -0.39 is 29.7 Å². The summed E-state index contributed by atoms with van der Waals surface area (Å²) in [4.78, 5) is 74.4. The lowest BCUT2D eigenvalue weighted by atomic mass is 9.89. The summed E-state index contributed by atoms with van der Waals surface area (Å²) in [5.41, 5.74) is 4.80. The normalized spacial score (nSPS) is 23.1. The van der Waals surface area contributed by atoms with Crippen LogP contribution in [0.3, 0.4) is 0 Å². The number of anilines is 3. The van der Waals surface area contributed by atoms with Gasteiger partial charge in [0.25, 0.3) is 17.7 Å². The fourth-order valence-corrected chi connectivity index (χ4v) is 9.76. The quantitative estimate of drug-likeness (QED) is 0.284. The molecule has 13 nitrogen and oxygen atoms in total. The number of nitriles is 1. The van der Waals surface area contributed by atoms with Crippen molar-refractivity contribution in [2.75, 3.05) is 60.5 Å². The van der Waals surface area contributed by atoms with Crippen LogP contribution in [-0.4, -0.2) is 109 Å². The number of benzene rings is 3. The highest BCUT2D eigenvalue weighted by molar-refractivity contribution is 6.32. The monoisotopic (exact) mass is 804 g/mol. The molecule has 2 N–H and O–H groups in total. The molecular formula is C44H49ClN8O5. The van der Waals surface area contributed by atoms with E-state index in [0.29, 0.717) is 39.4 Å². The number of nitrogens with zero attached hydrogens (tertiary/aromatic N) is 6. The van der Waals surface area contributed by atoms with Crippen LogP contribution in [0.5, 0.6) is 0 Å². The number of carbonyl (C=O) groups is 5. The molecule has 14 heteroatoms. The van der Waals surface area contributed by atoms with Crippen molar-refractivity contribution in [2.24, 2.45) is 0 Å². The zero-order valence-electron chi connectivity index (χ0n) is 32.8. The summed E-state index contributed by atoms with van der Waals surface area (Å²) < 4.78 is 0. The number of hydrogen-bond donors (Lipinski definition) is 2. The summed E-state index contributed by atoms with van der Waals surface area (Å²) in [7, 11) is 0. The zero-order valence-corrected chi connectivity index (χ0v) is 33.5. The number of carbonyl (C=O) groups excluding carboxylic acids is 5. The summed E-state index contributed by atoms with van der Waals surface area (Å²) >= 11 is 6.33. The van der Waals surface area contributed by atoms with E-state index in [0.717, 1.165) is 106 Å². The first-order valence-electron chi connectivity index (χ1n) is 20.6. The van der Waals surface area contributed by atoms with E-state index >= 15 is 0 Å². The van der Waals surface area contributed by atoms with Crippen molar-refractivity contribution in [1.82, 2.24) is 20.4 Å². The van der Waals surface area contributed by atoms with E-state index in [-0.39, 0.29) is 24.8 Å². The minimum Gasteiger partial charge on any atom is -0.371 e. The molecule has 4 heterocycles. The second-order valence-corrected chi connectivity index (χ2v) is 16.4. The van der Waals surface area contributed by atoms with Gasteiger partial charge in [-0.3, -0.25) is 39.1 Å². The fraction of sp³-hybridized carbons (Fsp3) is 0.455. The van der Waals surface area contributed by atoms with Gasteiger partial charge in [-0.2, -0.15) is 5.26 Å². The van der Waals surface area contributed by atoms with E-state index in [1.165, 1.54) is 0 Å². The standard InChI is InChI=1S/C44H49ClN8O5/c1-2-52(35-10-5-29(27-46)38(45)26-35)33-11-6-30(7-12-33)47-41(55)28-3-8-31(9-4-28)49-19-17-32(18-20-49)50-21-23-51(24-22-50)34-13-14-36-37(25-34)44(58)53(43(36)57)39-15-16-40(54)48-42(39)56/h3-5,8-10,13-14,25-26,30,32-33,39H,2,6-7,11-12,15-24H2,1H3,(H,47,55)(H,48,54,56)/t30-,33-,39?. The second-order valence-electron chi connectivity index (χ2n) is 16.0. The Kier molecular flexibility index (Phi) is 11.4. The van der Waals surface area contributed by atoms with Gasteiger partial charge in [-0.25, -0.2) is 0 Å². The first-order chi connectivity index (χ1) is 28.1. The van der Waals surface area contributed by atoms with Crippen LogP contribution in [0.1, 0.15) is 94.9 Å². The predicted octanol–water partition coefficient (Wildman–Crippen LogP) is 4.97. The molecule has 4 fully saturated rings. The topological polar surface area (TPSA) is 149 Å². The molecule has 0 spiro atoms. The molecule has 3 aromatic rings. The molecule has 3 aromatic carbocycles. The lowest BCUT2D eigenvalue weighted by Crippen LogP contribution is -2.54. The molecular weight excluding hydrogens is 756 g/mol. The summed E-state index contributed by atoms with van der Waals surface area (Å²) in [6, 6.07) is 21.1. The smallest absolute Gasteiger partial charge is 0.262 e. The summed E-state index contributed by atoms with van der Waals surface area (Å²) in [6.07, 6.45) is 6.07. The summed E-state index contributed by atoms with van der Waals surface area (Å²) in [5.74, 6) is -2.01. The van der Waals surface area contributed by atoms with Crippen molar-refractivity contribution < 1.29 is 24.0 Å². The number of piperazine rings is 1. The third-order valence-corrected chi connectivity index (χ3v) is 13.1. The molecule has 1 saturated carbocycles. The highest BCUT2D eigenvalue weighted by Gasteiger charge is 2.45. The van der Waals surface area contributed by atoms with Crippen molar-refractivity contribution >= 4 is 58.2 Å². The highest BCUT2D eigenvalue weighted by atomic mass is 35.5. The average Bonchev–Trinajstić information content (AvgIpc) is 3.49. The van der Waals surface area contributed by atoms with Gasteiger partial charge in [0.15, 0.2) is 0 Å². The molecule has 8 rings (SSSR count). The van der Waals surface area contributed by atoms with Gasteiger partial charge in [-0.15, -0.1) is 0 Å². The van der Waals surface area contributed by atoms with Crippen molar-refractivity contribution in [3.05, 3.63) is 87.9 Å². The lowest BCUT2D eigenvalue weighted by molar-refractivity contribution is -0.136. The van der Waals surface area contributed by atoms with Crippen LogP contribution < -0.4 is 25.3 Å². The van der Waals surface area contributed by atoms with Crippen LogP contribution in [-0.2, 0) is 9.59 Å². The molecule has 302 valence electrons. The number of hydrogen-bond acceptors (Lipinski definition) is 10. The third kappa shape index (κ3) is 7.87. The Labute approximate surface area is 343 Å². The van der Waals surface area contributed by atoms with E-state index in [9.17, 15) is 29.2 Å². The SMILES string of the molecule is CCN(c1ccc(C#N)c(Cl)c1)[C@H]1CC[C@H](NC(=O)c2ccc(N3CCC(N4CCN(c5ccc6c(c5)C(=O)N(C5CCC(=O)NC5=O)C6=O)CC4)CC3)cc2)CC1. The number of imide groups is 2. The van der Waals surface area contributed by atoms with Gasteiger partial charge in [-0.1, -0.05) is 11.6 Å². The van der Waals surface area contributed by atoms with Crippen LogP contribution in [0.4, 0.5) is 17.1 Å². The van der Waals surface area contributed by atoms with E-state index in [4.69, 9.17) is 11.6 Å². The van der Waals surface area contributed by atoms with Crippen molar-refractivity contribution in [3.8, 4) is 6.07 Å². The van der Waals surface area contributed by atoms with Crippen LogP contribution in [0.2, 0.25) is 5.02 Å². The molecule has 5 aliphatic rings. The Hall–Kier alpha value is -5.45. The van der Waals surface area contributed by atoms with Gasteiger partial charge >= 0.3 is 0 Å². The van der Waals surface area contributed by atoms with Crippen LogP contribution >= 0.6 is 11.6 Å². The van der Waals surface area contributed by atoms with Gasteiger partial charge in [0, 0.05) is 93.0 Å². The molecule has 58 heavy (non-hydrogen) atoms. The number of halogens is 1. The van der Waals surface area contributed by atoms with Crippen LogP contribution in [0.25, 0.3) is 0 Å². The number of fused-ring (bicyclic) bond motifs is 1. The van der Waals surface area contributed by atoms with Crippen molar-refractivity contribution in [2.45, 2.75) is 82.5 Å². The molecule has 1 aliphatic carbocycles. The molecule has 0 bridgehead atoms. The summed E-state index contributed by atoms with van der Waals surface area (Å²) in [5, 5.41) is 15.2. The summed E-state index contributed by atoms with van der Waals surface area (Å²) in [6.45, 7) is 8.24. The van der Waals surface area contributed by atoms with Gasteiger partial charge in [-0.05, 0) is 113 Å². The molecule has 1 unspecified atom stereocenters. The third-order valence-electron chi connectivity index (χ3n) is 12.8. The highest BCUT2D eigenvalue weighted by Crippen LogP contribution is 2.33. The van der Waals surface area contributed by atoms with E-state index in [1.807, 2.05) is 30.3 Å². The maximum atomic E-state index is 13.3. The minimum atomic E-state index is -0.973. The maximum absolute atomic E-state index is 13.3. The first-order valence-corrected chi connectivity index (χ1v) is 21.0. The maximum Gasteiger partial charge on any atom is 0.262 e. The molecule has 0 radical (unpaired) electrons. The number of nitrogens with one attached hydrogen (secondary N) is 2. The molecule has 1 atom stereocenters. The molecule has 3 saturated heterocycles. The average molecular weight is 805 g/mol. The second kappa shape index (κ2) is 16.8. The predicted molar refractivity (Wildman–Crippen MR) is 221 cm³/mol. The number of amides is 5. The first kappa shape index (κ1) is 39.4. The van der Waals surface area contributed by atoms with E-state index in [1.54, 1.807) is 18.2 Å². The zero-order chi connectivity index (χ0) is 40.5. The van der Waals surface area contributed by atoms with Gasteiger partial charge in [0.2, 0.25) is 11.8 Å². The van der Waals surface area contributed by atoms with Gasteiger partial charge in [0.05, 0.1) is 21.7 Å². The number of rotatable bonds is 9. The minimum absolute atomic E-state index is 0.0340. The molecule has 5 amide bonds. The Morgan fingerprint density at radius 2 is 1.48 bits per heavy atom.